The van der Waals surface area contributed by atoms with Crippen molar-refractivity contribution >= 4 is 28.2 Å². The van der Waals surface area contributed by atoms with Crippen LogP contribution in [0.3, 0.4) is 0 Å². The first-order valence-corrected chi connectivity index (χ1v) is 7.72. The highest BCUT2D eigenvalue weighted by Gasteiger charge is 2.17. The summed E-state index contributed by atoms with van der Waals surface area (Å²) in [6.45, 7) is -0.0631. The first kappa shape index (κ1) is 14.6. The molecule has 0 bridgehead atoms. The number of likely N-dealkylation sites (N-methyl/N-ethyl adjacent to an activating group) is 1. The first-order valence-electron chi connectivity index (χ1n) is 7.72. The number of carbonyl (C=O) groups is 1. The zero-order valence-electron chi connectivity index (χ0n) is 12.7. The lowest BCUT2D eigenvalue weighted by molar-refractivity contribution is -0.135. The van der Waals surface area contributed by atoms with Gasteiger partial charge >= 0.3 is 5.97 Å². The summed E-state index contributed by atoms with van der Waals surface area (Å²) in [6.07, 6.45) is 6.79. The summed E-state index contributed by atoms with van der Waals surface area (Å²) >= 11 is 0. The number of anilines is 2. The normalized spacial score (nSPS) is 15.1. The van der Waals surface area contributed by atoms with Crippen molar-refractivity contribution in [2.75, 3.05) is 23.8 Å². The van der Waals surface area contributed by atoms with Crippen molar-refractivity contribution in [2.24, 2.45) is 0 Å². The Morgan fingerprint density at radius 3 is 2.68 bits per heavy atom. The molecule has 1 aliphatic carbocycles. The second-order valence-electron chi connectivity index (χ2n) is 5.92. The van der Waals surface area contributed by atoms with Crippen LogP contribution in [0.5, 0.6) is 0 Å². The lowest BCUT2D eigenvalue weighted by Crippen LogP contribution is -2.26. The summed E-state index contributed by atoms with van der Waals surface area (Å²) in [6, 6.07) is 8.54. The molecule has 0 atom stereocenters. The Morgan fingerprint density at radius 1 is 1.32 bits per heavy atom. The molecule has 116 valence electrons. The van der Waals surface area contributed by atoms with Crippen molar-refractivity contribution in [1.82, 2.24) is 4.98 Å². The smallest absolute Gasteiger partial charge is 0.323 e. The Balaban J connectivity index is 1.97. The van der Waals surface area contributed by atoms with E-state index in [4.69, 9.17) is 5.11 Å². The lowest BCUT2D eigenvalue weighted by Gasteiger charge is -2.21. The van der Waals surface area contributed by atoms with Crippen LogP contribution in [0.15, 0.2) is 30.5 Å². The maximum atomic E-state index is 10.9. The van der Waals surface area contributed by atoms with E-state index in [0.717, 1.165) is 16.5 Å². The van der Waals surface area contributed by atoms with Crippen LogP contribution in [-0.4, -0.2) is 35.7 Å². The van der Waals surface area contributed by atoms with Crippen molar-refractivity contribution in [3.8, 4) is 0 Å². The maximum Gasteiger partial charge on any atom is 0.323 e. The highest BCUT2D eigenvalue weighted by Crippen LogP contribution is 2.31. The number of nitrogens with zero attached hydrogens (tertiary/aromatic N) is 2. The predicted octanol–water partition coefficient (Wildman–Crippen LogP) is 3.11. The molecule has 0 spiro atoms. The molecule has 0 radical (unpaired) electrons. The van der Waals surface area contributed by atoms with Gasteiger partial charge in [0.25, 0.3) is 0 Å². The van der Waals surface area contributed by atoms with Crippen molar-refractivity contribution in [3.05, 3.63) is 30.5 Å². The minimum atomic E-state index is -0.860. The second kappa shape index (κ2) is 6.22. The first-order chi connectivity index (χ1) is 10.6. The number of benzene rings is 1. The predicted molar refractivity (Wildman–Crippen MR) is 88.5 cm³/mol. The van der Waals surface area contributed by atoms with Crippen LogP contribution >= 0.6 is 0 Å². The molecule has 3 rings (SSSR count). The molecule has 1 aromatic heterocycles. The van der Waals surface area contributed by atoms with Gasteiger partial charge in [-0.05, 0) is 12.8 Å². The van der Waals surface area contributed by atoms with Gasteiger partial charge in [0.05, 0.1) is 11.9 Å². The van der Waals surface area contributed by atoms with Gasteiger partial charge in [0.2, 0.25) is 0 Å². The molecule has 1 heterocycles. The summed E-state index contributed by atoms with van der Waals surface area (Å²) < 4.78 is 0. The molecule has 1 aromatic carbocycles. The van der Waals surface area contributed by atoms with Crippen LogP contribution in [0.4, 0.5) is 11.5 Å². The third-order valence-corrected chi connectivity index (χ3v) is 4.22. The highest BCUT2D eigenvalue weighted by molar-refractivity contribution is 6.00. The molecule has 1 fully saturated rings. The van der Waals surface area contributed by atoms with Gasteiger partial charge in [-0.3, -0.25) is 4.79 Å². The fourth-order valence-corrected chi connectivity index (χ4v) is 3.16. The number of pyridine rings is 1. The highest BCUT2D eigenvalue weighted by atomic mass is 16.4. The van der Waals surface area contributed by atoms with Crippen molar-refractivity contribution in [2.45, 2.75) is 31.7 Å². The van der Waals surface area contributed by atoms with E-state index in [0.29, 0.717) is 11.9 Å². The molecule has 0 saturated heterocycles. The monoisotopic (exact) mass is 299 g/mol. The average Bonchev–Trinajstić information content (AvgIpc) is 3.00. The molecule has 0 aliphatic heterocycles. The molecule has 2 N–H and O–H groups in total. The number of fused-ring (bicyclic) bond motifs is 1. The molecule has 1 saturated carbocycles. The average molecular weight is 299 g/mol. The van der Waals surface area contributed by atoms with Gasteiger partial charge in [-0.25, -0.2) is 4.98 Å². The van der Waals surface area contributed by atoms with Gasteiger partial charge < -0.3 is 15.3 Å². The van der Waals surface area contributed by atoms with E-state index in [-0.39, 0.29) is 6.54 Å². The van der Waals surface area contributed by atoms with Gasteiger partial charge in [-0.15, -0.1) is 0 Å². The van der Waals surface area contributed by atoms with Gasteiger partial charge in [0, 0.05) is 23.9 Å². The zero-order valence-corrected chi connectivity index (χ0v) is 12.7. The molecule has 5 heteroatoms. The third-order valence-electron chi connectivity index (χ3n) is 4.22. The minimum Gasteiger partial charge on any atom is -0.480 e. The molecular formula is C17H21N3O2. The number of nitrogens with one attached hydrogen (secondary N) is 1. The van der Waals surface area contributed by atoms with Gasteiger partial charge in [0.1, 0.15) is 12.4 Å². The van der Waals surface area contributed by atoms with Crippen LogP contribution in [0.2, 0.25) is 0 Å². The number of hydrogen-bond donors (Lipinski definition) is 2. The standard InChI is InChI=1S/C17H21N3O2/c1-20(11-16(21)22)17-14-9-5-4-8-13(14)15(10-18-17)19-12-6-2-3-7-12/h4-5,8-10,12,19H,2-3,6-7,11H2,1H3,(H,21,22). The fourth-order valence-electron chi connectivity index (χ4n) is 3.16. The van der Waals surface area contributed by atoms with E-state index in [2.05, 4.69) is 16.4 Å². The molecule has 0 unspecified atom stereocenters. The summed E-state index contributed by atoms with van der Waals surface area (Å²) in [4.78, 5) is 17.1. The fraction of sp³-hybridized carbons (Fsp3) is 0.412. The van der Waals surface area contributed by atoms with Crippen LogP contribution in [-0.2, 0) is 4.79 Å². The molecule has 22 heavy (non-hydrogen) atoms. The SMILES string of the molecule is CN(CC(=O)O)c1ncc(NC2CCCC2)c2ccccc12. The minimum absolute atomic E-state index is 0.0631. The van der Waals surface area contributed by atoms with Crippen LogP contribution in [0, 0.1) is 0 Å². The summed E-state index contributed by atoms with van der Waals surface area (Å²) in [7, 11) is 1.76. The third kappa shape index (κ3) is 2.98. The van der Waals surface area contributed by atoms with E-state index in [1.807, 2.05) is 24.4 Å². The molecule has 2 aromatic rings. The number of aliphatic carboxylic acids is 1. The number of aromatic nitrogens is 1. The van der Waals surface area contributed by atoms with E-state index in [9.17, 15) is 4.79 Å². The number of hydrogen-bond acceptors (Lipinski definition) is 4. The topological polar surface area (TPSA) is 65.5 Å². The van der Waals surface area contributed by atoms with Crippen LogP contribution in [0.1, 0.15) is 25.7 Å². The van der Waals surface area contributed by atoms with E-state index in [1.54, 1.807) is 11.9 Å². The number of rotatable bonds is 5. The second-order valence-corrected chi connectivity index (χ2v) is 5.92. The molecule has 1 aliphatic rings. The van der Waals surface area contributed by atoms with Crippen molar-refractivity contribution < 1.29 is 9.90 Å². The largest absolute Gasteiger partial charge is 0.480 e. The van der Waals surface area contributed by atoms with E-state index < -0.39 is 5.97 Å². The number of carboxylic acids is 1. The molecular weight excluding hydrogens is 278 g/mol. The Labute approximate surface area is 130 Å². The Bertz CT molecular complexity index is 681. The van der Waals surface area contributed by atoms with E-state index in [1.165, 1.54) is 25.7 Å². The molecule has 5 nitrogen and oxygen atoms in total. The van der Waals surface area contributed by atoms with Crippen LogP contribution < -0.4 is 10.2 Å². The van der Waals surface area contributed by atoms with Gasteiger partial charge in [-0.2, -0.15) is 0 Å². The van der Waals surface area contributed by atoms with Crippen LogP contribution in [0.25, 0.3) is 10.8 Å². The number of carboxylic acid groups (broad SMARTS) is 1. The lowest BCUT2D eigenvalue weighted by atomic mass is 10.1. The van der Waals surface area contributed by atoms with Crippen molar-refractivity contribution in [3.63, 3.8) is 0 Å². The van der Waals surface area contributed by atoms with Gasteiger partial charge in [0.15, 0.2) is 0 Å². The Hall–Kier alpha value is -2.30. The summed E-state index contributed by atoms with van der Waals surface area (Å²) in [5.41, 5.74) is 1.04. The quantitative estimate of drug-likeness (QED) is 0.888. The molecule has 0 amide bonds. The maximum absolute atomic E-state index is 10.9. The Morgan fingerprint density at radius 2 is 2.00 bits per heavy atom. The van der Waals surface area contributed by atoms with Gasteiger partial charge in [-0.1, -0.05) is 37.1 Å². The zero-order chi connectivity index (χ0) is 15.5. The van der Waals surface area contributed by atoms with Crippen molar-refractivity contribution in [1.29, 1.82) is 0 Å². The van der Waals surface area contributed by atoms with E-state index >= 15 is 0 Å². The summed E-state index contributed by atoms with van der Waals surface area (Å²) in [5, 5.41) is 14.6. The Kier molecular flexibility index (Phi) is 4.13. The summed E-state index contributed by atoms with van der Waals surface area (Å²) in [5.74, 6) is -0.156.